The Morgan fingerprint density at radius 3 is 2.49 bits per heavy atom. The maximum Gasteiger partial charge on any atom is 0.357 e. The zero-order valence-electron chi connectivity index (χ0n) is 22.9. The first-order valence-corrected chi connectivity index (χ1v) is 13.6. The molecule has 0 radical (unpaired) electrons. The third-order valence-electron chi connectivity index (χ3n) is 7.99. The molecule has 7 rings (SSSR count). The second-order valence-electron chi connectivity index (χ2n) is 11.0. The SMILES string of the molecule is COC(=O)c1ncnc2c1ccn2[C@@H]1O[C@H]([C@H](OC(=O)c2ccccc2)c2ccc3c(c2)CC3)[C@H]2OC(C)(C)O[C@H]21. The van der Waals surface area contributed by atoms with Crippen molar-refractivity contribution < 1.29 is 33.3 Å². The Bertz CT molecular complexity index is 1650. The van der Waals surface area contributed by atoms with Gasteiger partial charge in [-0.15, -0.1) is 0 Å². The third-order valence-corrected chi connectivity index (χ3v) is 7.99. The number of rotatable bonds is 6. The average molecular weight is 556 g/mol. The molecule has 2 aromatic heterocycles. The van der Waals surface area contributed by atoms with Gasteiger partial charge in [0, 0.05) is 6.20 Å². The van der Waals surface area contributed by atoms with E-state index in [-0.39, 0.29) is 5.69 Å². The van der Waals surface area contributed by atoms with Crippen molar-refractivity contribution in [1.82, 2.24) is 14.5 Å². The van der Waals surface area contributed by atoms with Crippen LogP contribution < -0.4 is 0 Å². The van der Waals surface area contributed by atoms with Crippen molar-refractivity contribution >= 4 is 23.0 Å². The highest BCUT2D eigenvalue weighted by Crippen LogP contribution is 2.48. The van der Waals surface area contributed by atoms with E-state index >= 15 is 0 Å². The fourth-order valence-electron chi connectivity index (χ4n) is 5.99. The molecule has 5 atom stereocenters. The molecule has 10 heteroatoms. The van der Waals surface area contributed by atoms with Gasteiger partial charge in [-0.25, -0.2) is 19.6 Å². The lowest BCUT2D eigenvalue weighted by atomic mass is 9.85. The minimum Gasteiger partial charge on any atom is -0.464 e. The maximum absolute atomic E-state index is 13.4. The molecule has 10 nitrogen and oxygen atoms in total. The van der Waals surface area contributed by atoms with Crippen molar-refractivity contribution in [1.29, 1.82) is 0 Å². The van der Waals surface area contributed by atoms with Gasteiger partial charge in [0.25, 0.3) is 0 Å². The van der Waals surface area contributed by atoms with Gasteiger partial charge in [-0.2, -0.15) is 0 Å². The van der Waals surface area contributed by atoms with Crippen LogP contribution in [0.4, 0.5) is 0 Å². The number of nitrogens with zero attached hydrogens (tertiary/aromatic N) is 3. The number of fused-ring (bicyclic) bond motifs is 3. The van der Waals surface area contributed by atoms with Crippen LogP contribution in [-0.2, 0) is 36.5 Å². The lowest BCUT2D eigenvalue weighted by molar-refractivity contribution is -0.207. The number of aryl methyl sites for hydroxylation is 2. The standard InChI is InChI=1S/C31H29N3O7/c1-31(2)40-25-24(23(20-12-10-17-9-11-19(17)15-20)39-29(35)18-7-5-4-6-8-18)38-28(26(25)41-31)34-14-13-21-22(30(36)37-3)32-16-33-27(21)34/h4-8,10,12-16,23-26,28H,9,11H2,1-3H3/t23-,24-,25-,26-,28-/m1/s1. The van der Waals surface area contributed by atoms with E-state index in [1.54, 1.807) is 41.1 Å². The number of hydrogen-bond acceptors (Lipinski definition) is 9. The minimum atomic E-state index is -0.904. The Labute approximate surface area is 236 Å². The number of aromatic nitrogens is 3. The second kappa shape index (κ2) is 9.76. The molecule has 0 unspecified atom stereocenters. The summed E-state index contributed by atoms with van der Waals surface area (Å²) in [7, 11) is 1.31. The summed E-state index contributed by atoms with van der Waals surface area (Å²) in [4.78, 5) is 34.3. The number of methoxy groups -OCH3 is 1. The minimum absolute atomic E-state index is 0.156. The molecule has 0 amide bonds. The van der Waals surface area contributed by atoms with Crippen LogP contribution >= 0.6 is 0 Å². The molecule has 3 aliphatic rings. The molecule has 2 aromatic carbocycles. The predicted molar refractivity (Wildman–Crippen MR) is 145 cm³/mol. The molecule has 1 aliphatic carbocycles. The van der Waals surface area contributed by atoms with Crippen LogP contribution in [0, 0.1) is 0 Å². The Kier molecular flexibility index (Phi) is 6.15. The van der Waals surface area contributed by atoms with E-state index in [0.29, 0.717) is 16.6 Å². The number of carbonyl (C=O) groups is 2. The monoisotopic (exact) mass is 555 g/mol. The molecule has 0 saturated carbocycles. The van der Waals surface area contributed by atoms with Gasteiger partial charge in [-0.05, 0) is 61.6 Å². The van der Waals surface area contributed by atoms with Crippen LogP contribution in [0.2, 0.25) is 0 Å². The van der Waals surface area contributed by atoms with E-state index in [9.17, 15) is 9.59 Å². The summed E-state index contributed by atoms with van der Waals surface area (Å²) in [6, 6.07) is 16.8. The Balaban J connectivity index is 1.29. The van der Waals surface area contributed by atoms with Crippen molar-refractivity contribution in [3.63, 3.8) is 0 Å². The molecule has 0 bridgehead atoms. The topological polar surface area (TPSA) is 111 Å². The molecule has 0 N–H and O–H groups in total. The van der Waals surface area contributed by atoms with E-state index in [2.05, 4.69) is 22.1 Å². The largest absolute Gasteiger partial charge is 0.464 e. The molecular formula is C31H29N3O7. The van der Waals surface area contributed by atoms with Gasteiger partial charge in [-0.3, -0.25) is 0 Å². The average Bonchev–Trinajstić information content (AvgIpc) is 3.63. The number of ether oxygens (including phenoxy) is 5. The van der Waals surface area contributed by atoms with Gasteiger partial charge in [-0.1, -0.05) is 36.4 Å². The summed E-state index contributed by atoms with van der Waals surface area (Å²) in [5, 5.41) is 0.524. The maximum atomic E-state index is 13.4. The van der Waals surface area contributed by atoms with E-state index in [4.69, 9.17) is 23.7 Å². The van der Waals surface area contributed by atoms with Crippen LogP contribution in [0.1, 0.15) is 63.7 Å². The first-order valence-electron chi connectivity index (χ1n) is 13.6. The molecule has 0 spiro atoms. The zero-order chi connectivity index (χ0) is 28.3. The van der Waals surface area contributed by atoms with Crippen LogP contribution in [0.5, 0.6) is 0 Å². The van der Waals surface area contributed by atoms with Gasteiger partial charge in [0.05, 0.1) is 18.1 Å². The van der Waals surface area contributed by atoms with E-state index in [1.165, 1.54) is 24.6 Å². The number of esters is 2. The van der Waals surface area contributed by atoms with Crippen molar-refractivity contribution in [2.45, 2.75) is 63.1 Å². The van der Waals surface area contributed by atoms with Crippen LogP contribution in [0.3, 0.4) is 0 Å². The van der Waals surface area contributed by atoms with Crippen LogP contribution in [-0.4, -0.2) is 57.7 Å². The predicted octanol–water partition coefficient (Wildman–Crippen LogP) is 4.33. The van der Waals surface area contributed by atoms with Gasteiger partial charge in [0.1, 0.15) is 30.3 Å². The Morgan fingerprint density at radius 2 is 1.76 bits per heavy atom. The highest BCUT2D eigenvalue weighted by molar-refractivity contribution is 6.00. The van der Waals surface area contributed by atoms with Gasteiger partial charge >= 0.3 is 11.9 Å². The summed E-state index contributed by atoms with van der Waals surface area (Å²) in [6.07, 6.45) is 1.85. The number of carbonyl (C=O) groups excluding carboxylic acids is 2. The van der Waals surface area contributed by atoms with Crippen LogP contribution in [0.15, 0.2) is 67.1 Å². The molecule has 210 valence electrons. The molecular weight excluding hydrogens is 526 g/mol. The van der Waals surface area contributed by atoms with Gasteiger partial charge in [0.2, 0.25) is 0 Å². The Morgan fingerprint density at radius 1 is 0.976 bits per heavy atom. The van der Waals surface area contributed by atoms with Gasteiger partial charge in [0.15, 0.2) is 23.8 Å². The molecule has 2 fully saturated rings. The first kappa shape index (κ1) is 25.8. The Hall–Kier alpha value is -4.12. The summed E-state index contributed by atoms with van der Waals surface area (Å²) >= 11 is 0. The molecule has 2 saturated heterocycles. The second-order valence-corrected chi connectivity index (χ2v) is 11.0. The quantitative estimate of drug-likeness (QED) is 0.321. The van der Waals surface area contributed by atoms with Crippen molar-refractivity contribution in [3.05, 3.63) is 95.1 Å². The molecule has 2 aliphatic heterocycles. The van der Waals surface area contributed by atoms with Crippen molar-refractivity contribution in [2.75, 3.05) is 7.11 Å². The van der Waals surface area contributed by atoms with Crippen molar-refractivity contribution in [2.24, 2.45) is 0 Å². The van der Waals surface area contributed by atoms with Gasteiger partial charge < -0.3 is 28.3 Å². The lowest BCUT2D eigenvalue weighted by Crippen LogP contribution is -2.36. The zero-order valence-corrected chi connectivity index (χ0v) is 22.9. The fraction of sp³-hybridized carbons (Fsp3) is 0.355. The van der Waals surface area contributed by atoms with E-state index < -0.39 is 48.4 Å². The smallest absolute Gasteiger partial charge is 0.357 e. The highest BCUT2D eigenvalue weighted by Gasteiger charge is 2.59. The number of hydrogen-bond donors (Lipinski definition) is 0. The van der Waals surface area contributed by atoms with E-state index in [0.717, 1.165) is 18.4 Å². The fourth-order valence-corrected chi connectivity index (χ4v) is 5.99. The van der Waals surface area contributed by atoms with Crippen LogP contribution in [0.25, 0.3) is 11.0 Å². The lowest BCUT2D eigenvalue weighted by Gasteiger charge is -2.30. The first-order chi connectivity index (χ1) is 19.8. The summed E-state index contributed by atoms with van der Waals surface area (Å²) in [5.41, 5.74) is 4.45. The number of benzene rings is 2. The molecule has 41 heavy (non-hydrogen) atoms. The normalized spacial score (nSPS) is 24.8. The third kappa shape index (κ3) is 4.39. The molecule has 4 aromatic rings. The summed E-state index contributed by atoms with van der Waals surface area (Å²) < 4.78 is 32.4. The highest BCUT2D eigenvalue weighted by atomic mass is 16.8. The van der Waals surface area contributed by atoms with E-state index in [1.807, 2.05) is 26.0 Å². The summed E-state index contributed by atoms with van der Waals surface area (Å²) in [6.45, 7) is 3.70. The summed E-state index contributed by atoms with van der Waals surface area (Å²) in [5.74, 6) is -1.92. The molecule has 4 heterocycles. The van der Waals surface area contributed by atoms with Crippen molar-refractivity contribution in [3.8, 4) is 0 Å².